The van der Waals surface area contributed by atoms with Gasteiger partial charge in [-0.1, -0.05) is 27.7 Å². The lowest BCUT2D eigenvalue weighted by Crippen LogP contribution is -2.24. The minimum atomic E-state index is -0.871. The van der Waals surface area contributed by atoms with Crippen LogP contribution in [0.2, 0.25) is 0 Å². The molecule has 0 saturated carbocycles. The first-order valence-corrected chi connectivity index (χ1v) is 4.61. The van der Waals surface area contributed by atoms with Crippen LogP contribution in [0.25, 0.3) is 0 Å². The van der Waals surface area contributed by atoms with Crippen LogP contribution in [0.1, 0.15) is 34.1 Å². The zero-order valence-corrected chi connectivity index (χ0v) is 8.70. The minimum absolute atomic E-state index is 0.0141. The van der Waals surface area contributed by atoms with Gasteiger partial charge < -0.3 is 5.11 Å². The highest BCUT2D eigenvalue weighted by molar-refractivity contribution is 5.85. The summed E-state index contributed by atoms with van der Waals surface area (Å²) in [4.78, 5) is 22.0. The fourth-order valence-corrected chi connectivity index (χ4v) is 1.06. The van der Waals surface area contributed by atoms with Gasteiger partial charge in [0.1, 0.15) is 5.78 Å². The molecule has 0 aliphatic heterocycles. The smallest absolute Gasteiger partial charge is 0.307 e. The van der Waals surface area contributed by atoms with E-state index in [-0.39, 0.29) is 24.0 Å². The monoisotopic (exact) mass is 186 g/mol. The van der Waals surface area contributed by atoms with Gasteiger partial charge in [0.25, 0.3) is 0 Å². The molecule has 0 amide bonds. The highest BCUT2D eigenvalue weighted by atomic mass is 16.4. The van der Waals surface area contributed by atoms with E-state index < -0.39 is 11.9 Å². The average molecular weight is 186 g/mol. The maximum atomic E-state index is 11.3. The van der Waals surface area contributed by atoms with Crippen LogP contribution in [-0.4, -0.2) is 16.9 Å². The summed E-state index contributed by atoms with van der Waals surface area (Å²) in [7, 11) is 0. The van der Waals surface area contributed by atoms with Crippen molar-refractivity contribution in [1.82, 2.24) is 0 Å². The highest BCUT2D eigenvalue weighted by Gasteiger charge is 2.25. The zero-order valence-electron chi connectivity index (χ0n) is 8.70. The first kappa shape index (κ1) is 12.1. The van der Waals surface area contributed by atoms with Gasteiger partial charge >= 0.3 is 5.97 Å². The summed E-state index contributed by atoms with van der Waals surface area (Å²) >= 11 is 0. The lowest BCUT2D eigenvalue weighted by atomic mass is 9.88. The van der Waals surface area contributed by atoms with Crippen LogP contribution < -0.4 is 0 Å². The SMILES string of the molecule is CC(C)C(=O)CC(C(=O)O)C(C)C. The number of hydrogen-bond donors (Lipinski definition) is 1. The maximum absolute atomic E-state index is 11.3. The van der Waals surface area contributed by atoms with E-state index in [1.54, 1.807) is 13.8 Å². The molecule has 0 aromatic heterocycles. The topological polar surface area (TPSA) is 54.4 Å². The van der Waals surface area contributed by atoms with Gasteiger partial charge in [-0.05, 0) is 5.92 Å². The van der Waals surface area contributed by atoms with Crippen LogP contribution in [0, 0.1) is 17.8 Å². The van der Waals surface area contributed by atoms with Crippen LogP contribution in [0.3, 0.4) is 0 Å². The number of aliphatic carboxylic acids is 1. The minimum Gasteiger partial charge on any atom is -0.481 e. The molecular weight excluding hydrogens is 168 g/mol. The van der Waals surface area contributed by atoms with E-state index >= 15 is 0 Å². The number of carboxylic acid groups (broad SMARTS) is 1. The van der Waals surface area contributed by atoms with Gasteiger partial charge in [-0.15, -0.1) is 0 Å². The van der Waals surface area contributed by atoms with Crippen LogP contribution in [0.15, 0.2) is 0 Å². The number of hydrogen-bond acceptors (Lipinski definition) is 2. The van der Waals surface area contributed by atoms with Crippen molar-refractivity contribution >= 4 is 11.8 Å². The van der Waals surface area contributed by atoms with Crippen molar-refractivity contribution in [2.45, 2.75) is 34.1 Å². The number of Topliss-reactive ketones (excluding diaryl/α,β-unsaturated/α-hetero) is 1. The molecule has 76 valence electrons. The number of rotatable bonds is 5. The lowest BCUT2D eigenvalue weighted by molar-refractivity contribution is -0.145. The molecule has 0 aromatic rings. The summed E-state index contributed by atoms with van der Waals surface area (Å²) in [6.45, 7) is 7.24. The Morgan fingerprint density at radius 2 is 1.62 bits per heavy atom. The summed E-state index contributed by atoms with van der Waals surface area (Å²) in [6, 6.07) is 0. The van der Waals surface area contributed by atoms with E-state index in [9.17, 15) is 9.59 Å². The Labute approximate surface area is 79.1 Å². The molecule has 0 aliphatic rings. The molecule has 3 heteroatoms. The van der Waals surface area contributed by atoms with E-state index in [2.05, 4.69) is 0 Å². The van der Waals surface area contributed by atoms with Gasteiger partial charge in [0, 0.05) is 12.3 Å². The van der Waals surface area contributed by atoms with E-state index in [4.69, 9.17) is 5.11 Å². The third-order valence-corrected chi connectivity index (χ3v) is 2.19. The second kappa shape index (κ2) is 5.00. The van der Waals surface area contributed by atoms with Crippen molar-refractivity contribution in [3.8, 4) is 0 Å². The van der Waals surface area contributed by atoms with E-state index in [1.807, 2.05) is 13.8 Å². The molecule has 0 aromatic carbocycles. The highest BCUT2D eigenvalue weighted by Crippen LogP contribution is 2.17. The molecule has 3 nitrogen and oxygen atoms in total. The molecule has 0 fully saturated rings. The summed E-state index contributed by atoms with van der Waals surface area (Å²) in [5, 5.41) is 8.82. The maximum Gasteiger partial charge on any atom is 0.307 e. The number of carbonyl (C=O) groups excluding carboxylic acids is 1. The Hall–Kier alpha value is -0.860. The van der Waals surface area contributed by atoms with Gasteiger partial charge in [-0.2, -0.15) is 0 Å². The Balaban J connectivity index is 4.27. The van der Waals surface area contributed by atoms with E-state index in [0.29, 0.717) is 0 Å². The molecule has 1 N–H and O–H groups in total. The molecule has 1 unspecified atom stereocenters. The van der Waals surface area contributed by atoms with Crippen molar-refractivity contribution < 1.29 is 14.7 Å². The van der Waals surface area contributed by atoms with Gasteiger partial charge in [-0.3, -0.25) is 9.59 Å². The number of carbonyl (C=O) groups is 2. The van der Waals surface area contributed by atoms with Gasteiger partial charge in [0.15, 0.2) is 0 Å². The normalized spacial score (nSPS) is 13.4. The number of ketones is 1. The molecule has 1 atom stereocenters. The van der Waals surface area contributed by atoms with Crippen molar-refractivity contribution in [2.75, 3.05) is 0 Å². The standard InChI is InChI=1S/C10H18O3/c1-6(2)8(10(12)13)5-9(11)7(3)4/h6-8H,5H2,1-4H3,(H,12,13). The Bertz CT molecular complexity index is 194. The summed E-state index contributed by atoms with van der Waals surface area (Å²) in [6.07, 6.45) is 0.157. The second-order valence-electron chi connectivity index (χ2n) is 4.01. The number of carboxylic acids is 1. The lowest BCUT2D eigenvalue weighted by Gasteiger charge is -2.16. The van der Waals surface area contributed by atoms with Crippen molar-refractivity contribution in [3.63, 3.8) is 0 Å². The van der Waals surface area contributed by atoms with Crippen molar-refractivity contribution in [3.05, 3.63) is 0 Å². The Morgan fingerprint density at radius 1 is 1.15 bits per heavy atom. The summed E-state index contributed by atoms with van der Waals surface area (Å²) < 4.78 is 0. The first-order valence-electron chi connectivity index (χ1n) is 4.61. The second-order valence-corrected chi connectivity index (χ2v) is 4.01. The van der Waals surface area contributed by atoms with Crippen LogP contribution in [0.5, 0.6) is 0 Å². The van der Waals surface area contributed by atoms with E-state index in [1.165, 1.54) is 0 Å². The molecule has 0 bridgehead atoms. The van der Waals surface area contributed by atoms with Crippen molar-refractivity contribution in [1.29, 1.82) is 0 Å². The molecule has 13 heavy (non-hydrogen) atoms. The van der Waals surface area contributed by atoms with Crippen LogP contribution in [-0.2, 0) is 9.59 Å². The largest absolute Gasteiger partial charge is 0.481 e. The molecule has 0 heterocycles. The fourth-order valence-electron chi connectivity index (χ4n) is 1.06. The van der Waals surface area contributed by atoms with Gasteiger partial charge in [-0.25, -0.2) is 0 Å². The molecule has 0 saturated heterocycles. The molecule has 0 aliphatic carbocycles. The predicted octanol–water partition coefficient (Wildman–Crippen LogP) is 1.96. The third-order valence-electron chi connectivity index (χ3n) is 2.19. The van der Waals surface area contributed by atoms with E-state index in [0.717, 1.165) is 0 Å². The Morgan fingerprint density at radius 3 is 1.85 bits per heavy atom. The first-order chi connectivity index (χ1) is 5.86. The predicted molar refractivity (Wildman–Crippen MR) is 50.4 cm³/mol. The van der Waals surface area contributed by atoms with Crippen LogP contribution >= 0.6 is 0 Å². The molecule has 0 radical (unpaired) electrons. The summed E-state index contributed by atoms with van der Waals surface area (Å²) in [5.41, 5.74) is 0. The third kappa shape index (κ3) is 4.06. The van der Waals surface area contributed by atoms with Crippen LogP contribution in [0.4, 0.5) is 0 Å². The summed E-state index contributed by atoms with van der Waals surface area (Å²) in [5.74, 6) is -1.43. The Kier molecular flexibility index (Phi) is 4.67. The zero-order chi connectivity index (χ0) is 10.6. The fraction of sp³-hybridized carbons (Fsp3) is 0.800. The molecular formula is C10H18O3. The van der Waals surface area contributed by atoms with Gasteiger partial charge in [0.2, 0.25) is 0 Å². The molecule has 0 rings (SSSR count). The quantitative estimate of drug-likeness (QED) is 0.714. The van der Waals surface area contributed by atoms with Gasteiger partial charge in [0.05, 0.1) is 5.92 Å². The average Bonchev–Trinajstić information content (AvgIpc) is 1.97. The van der Waals surface area contributed by atoms with Crippen molar-refractivity contribution in [2.24, 2.45) is 17.8 Å². The molecule has 0 spiro atoms.